The summed E-state index contributed by atoms with van der Waals surface area (Å²) in [7, 11) is -1.57. The van der Waals surface area contributed by atoms with Gasteiger partial charge in [-0.2, -0.15) is 0 Å². The molecule has 0 radical (unpaired) electrons. The molecule has 0 unspecified atom stereocenters. The molecule has 2 N–H and O–H groups in total. The fourth-order valence-corrected chi connectivity index (χ4v) is 3.41. The summed E-state index contributed by atoms with van der Waals surface area (Å²) in [5, 5.41) is 8.76. The Balaban J connectivity index is 1.98. The molecule has 0 bridgehead atoms. The van der Waals surface area contributed by atoms with Crippen LogP contribution in [-0.4, -0.2) is 45.1 Å². The number of likely N-dealkylation sites (tertiary alicyclic amines) is 1. The zero-order chi connectivity index (χ0) is 14.8. The van der Waals surface area contributed by atoms with E-state index in [0.717, 1.165) is 25.9 Å². The number of furan rings is 1. The van der Waals surface area contributed by atoms with Gasteiger partial charge in [0.15, 0.2) is 0 Å². The number of nitrogens with zero attached hydrogens (tertiary/aromatic N) is 1. The standard InChI is InChI=1S/C13H22N2O4S/c1-13(5-7-15(2)8-6-13)10-14-20(17,18)12-4-3-11(9-16)19-12/h3-4,14,16H,5-10H2,1-2H3. The summed E-state index contributed by atoms with van der Waals surface area (Å²) in [5.74, 6) is 0.246. The van der Waals surface area contributed by atoms with Crippen molar-refractivity contribution in [1.29, 1.82) is 0 Å². The molecule has 20 heavy (non-hydrogen) atoms. The Morgan fingerprint density at radius 1 is 1.40 bits per heavy atom. The highest BCUT2D eigenvalue weighted by atomic mass is 32.2. The molecule has 1 aliphatic heterocycles. The SMILES string of the molecule is CN1CCC(C)(CNS(=O)(=O)c2ccc(CO)o2)CC1. The maximum atomic E-state index is 12.1. The molecule has 0 saturated carbocycles. The van der Waals surface area contributed by atoms with E-state index in [1.807, 2.05) is 0 Å². The van der Waals surface area contributed by atoms with Crippen molar-refractivity contribution in [2.45, 2.75) is 31.5 Å². The number of rotatable bonds is 5. The van der Waals surface area contributed by atoms with Gasteiger partial charge in [0.2, 0.25) is 5.09 Å². The van der Waals surface area contributed by atoms with Crippen LogP contribution in [0.15, 0.2) is 21.6 Å². The Hall–Kier alpha value is -0.890. The predicted molar refractivity (Wildman–Crippen MR) is 74.7 cm³/mol. The molecule has 0 amide bonds. The normalized spacial score (nSPS) is 20.1. The van der Waals surface area contributed by atoms with Gasteiger partial charge in [0.1, 0.15) is 12.4 Å². The average molecular weight is 302 g/mol. The van der Waals surface area contributed by atoms with Gasteiger partial charge in [-0.05, 0) is 50.5 Å². The van der Waals surface area contributed by atoms with E-state index in [1.165, 1.54) is 12.1 Å². The Morgan fingerprint density at radius 3 is 2.60 bits per heavy atom. The first kappa shape index (κ1) is 15.5. The van der Waals surface area contributed by atoms with Crippen LogP contribution < -0.4 is 4.72 Å². The molecule has 114 valence electrons. The van der Waals surface area contributed by atoms with Crippen LogP contribution in [0.2, 0.25) is 0 Å². The van der Waals surface area contributed by atoms with Gasteiger partial charge >= 0.3 is 0 Å². The molecule has 1 aromatic rings. The van der Waals surface area contributed by atoms with Crippen molar-refractivity contribution in [3.8, 4) is 0 Å². The largest absolute Gasteiger partial charge is 0.446 e. The van der Waals surface area contributed by atoms with E-state index in [0.29, 0.717) is 6.54 Å². The third kappa shape index (κ3) is 3.60. The lowest BCUT2D eigenvalue weighted by Crippen LogP contribution is -2.43. The highest BCUT2D eigenvalue weighted by Gasteiger charge is 2.31. The number of aliphatic hydroxyl groups is 1. The molecule has 7 heteroatoms. The molecule has 1 aromatic heterocycles. The van der Waals surface area contributed by atoms with Crippen molar-refractivity contribution >= 4 is 10.0 Å². The quantitative estimate of drug-likeness (QED) is 0.840. The minimum Gasteiger partial charge on any atom is -0.446 e. The zero-order valence-corrected chi connectivity index (χ0v) is 12.7. The van der Waals surface area contributed by atoms with Crippen LogP contribution in [0.5, 0.6) is 0 Å². The van der Waals surface area contributed by atoms with Crippen LogP contribution in [0.1, 0.15) is 25.5 Å². The molecule has 0 spiro atoms. The first-order valence-corrected chi connectivity index (χ1v) is 8.21. The molecule has 1 aliphatic rings. The van der Waals surface area contributed by atoms with E-state index >= 15 is 0 Å². The minimum absolute atomic E-state index is 0.0218. The van der Waals surface area contributed by atoms with Crippen molar-refractivity contribution in [2.24, 2.45) is 5.41 Å². The Morgan fingerprint density at radius 2 is 2.05 bits per heavy atom. The summed E-state index contributed by atoms with van der Waals surface area (Å²) in [6, 6.07) is 2.83. The number of aliphatic hydroxyl groups excluding tert-OH is 1. The van der Waals surface area contributed by atoms with E-state index in [1.54, 1.807) is 0 Å². The van der Waals surface area contributed by atoms with Gasteiger partial charge < -0.3 is 14.4 Å². The van der Waals surface area contributed by atoms with Crippen molar-refractivity contribution in [2.75, 3.05) is 26.7 Å². The lowest BCUT2D eigenvalue weighted by atomic mass is 9.81. The maximum absolute atomic E-state index is 12.1. The summed E-state index contributed by atoms with van der Waals surface area (Å²) in [6.45, 7) is 4.16. The Kier molecular flexibility index (Phi) is 4.53. The van der Waals surface area contributed by atoms with E-state index < -0.39 is 10.0 Å². The first-order valence-electron chi connectivity index (χ1n) is 6.72. The van der Waals surface area contributed by atoms with Gasteiger partial charge in [-0.1, -0.05) is 6.92 Å². The molecule has 1 fully saturated rings. The smallest absolute Gasteiger partial charge is 0.273 e. The van der Waals surface area contributed by atoms with Gasteiger partial charge in [0.25, 0.3) is 10.0 Å². The van der Waals surface area contributed by atoms with Crippen molar-refractivity contribution in [3.63, 3.8) is 0 Å². The van der Waals surface area contributed by atoms with Crippen LogP contribution in [0.25, 0.3) is 0 Å². The highest BCUT2D eigenvalue weighted by Crippen LogP contribution is 2.30. The van der Waals surface area contributed by atoms with Crippen LogP contribution in [0, 0.1) is 5.41 Å². The maximum Gasteiger partial charge on any atom is 0.273 e. The van der Waals surface area contributed by atoms with E-state index in [-0.39, 0.29) is 22.9 Å². The Labute approximate surface area is 119 Å². The molecule has 2 heterocycles. The molecule has 2 rings (SSSR count). The van der Waals surface area contributed by atoms with Gasteiger partial charge in [-0.25, -0.2) is 13.1 Å². The fraction of sp³-hybridized carbons (Fsp3) is 0.692. The number of sulfonamides is 1. The van der Waals surface area contributed by atoms with Crippen LogP contribution in [0.4, 0.5) is 0 Å². The third-order valence-corrected chi connectivity index (χ3v) is 5.21. The second-order valence-corrected chi connectivity index (χ2v) is 7.52. The summed E-state index contributed by atoms with van der Waals surface area (Å²) in [5.41, 5.74) is -0.0218. The van der Waals surface area contributed by atoms with Crippen LogP contribution in [0.3, 0.4) is 0 Å². The summed E-state index contributed by atoms with van der Waals surface area (Å²) < 4.78 is 31.9. The third-order valence-electron chi connectivity index (χ3n) is 3.94. The van der Waals surface area contributed by atoms with Gasteiger partial charge in [0, 0.05) is 6.54 Å². The monoisotopic (exact) mass is 302 g/mol. The summed E-state index contributed by atoms with van der Waals surface area (Å²) >= 11 is 0. The zero-order valence-electron chi connectivity index (χ0n) is 11.9. The lowest BCUT2D eigenvalue weighted by Gasteiger charge is -2.37. The fourth-order valence-electron chi connectivity index (χ4n) is 2.26. The minimum atomic E-state index is -3.64. The number of nitrogens with one attached hydrogen (secondary N) is 1. The van der Waals surface area contributed by atoms with Crippen LogP contribution in [-0.2, 0) is 16.6 Å². The van der Waals surface area contributed by atoms with Crippen LogP contribution >= 0.6 is 0 Å². The average Bonchev–Trinajstić information content (AvgIpc) is 2.90. The first-order chi connectivity index (χ1) is 9.35. The molecular weight excluding hydrogens is 280 g/mol. The van der Waals surface area contributed by atoms with E-state index in [2.05, 4.69) is 23.6 Å². The molecule has 1 saturated heterocycles. The number of hydrogen-bond acceptors (Lipinski definition) is 5. The molecule has 6 nitrogen and oxygen atoms in total. The number of piperidine rings is 1. The molecule has 0 aliphatic carbocycles. The summed E-state index contributed by atoms with van der Waals surface area (Å²) in [6.07, 6.45) is 1.93. The van der Waals surface area contributed by atoms with E-state index in [9.17, 15) is 8.42 Å². The second-order valence-electron chi connectivity index (χ2n) is 5.82. The summed E-state index contributed by atoms with van der Waals surface area (Å²) in [4.78, 5) is 2.25. The van der Waals surface area contributed by atoms with Crippen molar-refractivity contribution < 1.29 is 17.9 Å². The molecule has 0 atom stereocenters. The van der Waals surface area contributed by atoms with Gasteiger partial charge in [0.05, 0.1) is 0 Å². The second kappa shape index (κ2) is 5.85. The van der Waals surface area contributed by atoms with Crippen molar-refractivity contribution in [1.82, 2.24) is 9.62 Å². The predicted octanol–water partition coefficient (Wildman–Crippen LogP) is 0.782. The van der Waals surface area contributed by atoms with Gasteiger partial charge in [-0.15, -0.1) is 0 Å². The Bertz CT molecular complexity index is 544. The van der Waals surface area contributed by atoms with Gasteiger partial charge in [-0.3, -0.25) is 0 Å². The topological polar surface area (TPSA) is 82.8 Å². The molecule has 0 aromatic carbocycles. The molecular formula is C13H22N2O4S. The van der Waals surface area contributed by atoms with Crippen molar-refractivity contribution in [3.05, 3.63) is 17.9 Å². The highest BCUT2D eigenvalue weighted by molar-refractivity contribution is 7.89. The lowest BCUT2D eigenvalue weighted by molar-refractivity contribution is 0.142. The number of hydrogen-bond donors (Lipinski definition) is 2. The van der Waals surface area contributed by atoms with E-state index in [4.69, 9.17) is 9.52 Å².